The van der Waals surface area contributed by atoms with Crippen molar-refractivity contribution in [3.8, 4) is 11.5 Å². The lowest BCUT2D eigenvalue weighted by atomic mass is 10.1. The van der Waals surface area contributed by atoms with E-state index in [9.17, 15) is 4.79 Å². The average Bonchev–Trinajstić information content (AvgIpc) is 3.12. The van der Waals surface area contributed by atoms with Gasteiger partial charge in [0.25, 0.3) is 0 Å². The van der Waals surface area contributed by atoms with Crippen LogP contribution in [0.1, 0.15) is 5.56 Å². The quantitative estimate of drug-likeness (QED) is 0.856. The molecule has 4 rings (SSSR count). The predicted octanol–water partition coefficient (Wildman–Crippen LogP) is 3.92. The number of fused-ring (bicyclic) bond motifs is 1. The Morgan fingerprint density at radius 2 is 1.85 bits per heavy atom. The third-order valence-electron chi connectivity index (χ3n) is 4.46. The summed E-state index contributed by atoms with van der Waals surface area (Å²) in [6, 6.07) is 11.2. The van der Waals surface area contributed by atoms with E-state index in [1.807, 2.05) is 24.8 Å². The number of aryl methyl sites for hydroxylation is 1. The van der Waals surface area contributed by atoms with Gasteiger partial charge in [0.2, 0.25) is 6.79 Å². The molecule has 2 aromatic carbocycles. The fourth-order valence-electron chi connectivity index (χ4n) is 3.07. The van der Waals surface area contributed by atoms with Crippen LogP contribution in [-0.4, -0.2) is 37.4 Å². The highest BCUT2D eigenvalue weighted by molar-refractivity contribution is 7.99. The van der Waals surface area contributed by atoms with E-state index >= 15 is 0 Å². The van der Waals surface area contributed by atoms with Crippen molar-refractivity contribution < 1.29 is 14.3 Å². The van der Waals surface area contributed by atoms with Crippen LogP contribution in [0.2, 0.25) is 0 Å². The Morgan fingerprint density at radius 1 is 1.04 bits per heavy atom. The molecule has 0 unspecified atom stereocenters. The molecule has 7 heteroatoms. The summed E-state index contributed by atoms with van der Waals surface area (Å²) in [7, 11) is 0. The molecule has 0 radical (unpaired) electrons. The predicted molar refractivity (Wildman–Crippen MR) is 106 cm³/mol. The minimum atomic E-state index is -0.283. The van der Waals surface area contributed by atoms with E-state index in [4.69, 9.17) is 9.47 Å². The maximum Gasteiger partial charge on any atom is 0.323 e. The first-order chi connectivity index (χ1) is 12.7. The van der Waals surface area contributed by atoms with Crippen molar-refractivity contribution in [3.63, 3.8) is 0 Å². The normalized spacial score (nSPS) is 15.7. The van der Waals surface area contributed by atoms with Crippen molar-refractivity contribution in [3.05, 3.63) is 42.0 Å². The number of benzene rings is 2. The van der Waals surface area contributed by atoms with Crippen LogP contribution in [0.4, 0.5) is 21.9 Å². The summed E-state index contributed by atoms with van der Waals surface area (Å²) in [4.78, 5) is 14.7. The first-order valence-corrected chi connectivity index (χ1v) is 9.75. The summed E-state index contributed by atoms with van der Waals surface area (Å²) in [5.41, 5.74) is 3.72. The molecule has 0 atom stereocenters. The van der Waals surface area contributed by atoms with Crippen molar-refractivity contribution in [2.75, 3.05) is 46.9 Å². The van der Waals surface area contributed by atoms with Gasteiger partial charge in [-0.25, -0.2) is 4.79 Å². The number of hydrogen-bond acceptors (Lipinski definition) is 5. The van der Waals surface area contributed by atoms with Crippen LogP contribution >= 0.6 is 11.8 Å². The summed E-state index contributed by atoms with van der Waals surface area (Å²) in [6.45, 7) is 4.37. The largest absolute Gasteiger partial charge is 0.454 e. The van der Waals surface area contributed by atoms with E-state index in [0.717, 1.165) is 35.8 Å². The lowest BCUT2D eigenvalue weighted by molar-refractivity contribution is 0.174. The van der Waals surface area contributed by atoms with E-state index < -0.39 is 0 Å². The molecular formula is C19H21N3O3S. The first kappa shape index (κ1) is 16.9. The molecule has 2 heterocycles. The van der Waals surface area contributed by atoms with Crippen LogP contribution in [0, 0.1) is 6.92 Å². The zero-order valence-electron chi connectivity index (χ0n) is 14.6. The Hall–Kier alpha value is -2.54. The van der Waals surface area contributed by atoms with Crippen LogP contribution in [0.3, 0.4) is 0 Å². The van der Waals surface area contributed by atoms with Crippen LogP contribution in [0.15, 0.2) is 36.4 Å². The highest BCUT2D eigenvalue weighted by Crippen LogP contribution is 2.34. The van der Waals surface area contributed by atoms with Crippen molar-refractivity contribution in [1.82, 2.24) is 0 Å². The maximum absolute atomic E-state index is 12.3. The number of nitrogens with one attached hydrogen (secondary N) is 2. The zero-order chi connectivity index (χ0) is 17.9. The number of hydrogen-bond donors (Lipinski definition) is 2. The summed E-state index contributed by atoms with van der Waals surface area (Å²) in [6.07, 6.45) is 0. The number of amides is 2. The number of thioether (sulfide) groups is 1. The molecule has 2 aliphatic heterocycles. The Bertz CT molecular complexity index is 822. The number of anilines is 3. The van der Waals surface area contributed by atoms with E-state index in [0.29, 0.717) is 17.2 Å². The molecule has 2 aromatic rings. The van der Waals surface area contributed by atoms with Gasteiger partial charge < -0.3 is 25.0 Å². The van der Waals surface area contributed by atoms with Gasteiger partial charge in [-0.1, -0.05) is 0 Å². The van der Waals surface area contributed by atoms with Crippen molar-refractivity contribution in [2.24, 2.45) is 0 Å². The second kappa shape index (κ2) is 7.37. The Kier molecular flexibility index (Phi) is 4.79. The number of carbonyl (C=O) groups is 1. The van der Waals surface area contributed by atoms with Crippen molar-refractivity contribution in [2.45, 2.75) is 6.92 Å². The van der Waals surface area contributed by atoms with E-state index in [1.165, 1.54) is 5.69 Å². The van der Waals surface area contributed by atoms with Gasteiger partial charge in [0, 0.05) is 47.7 Å². The molecule has 136 valence electrons. The number of urea groups is 1. The Balaban J connectivity index is 1.41. The SMILES string of the molecule is Cc1cc(N2CCSCC2)ccc1NC(=O)Nc1ccc2c(c1)OCO2. The van der Waals surface area contributed by atoms with Crippen LogP contribution < -0.4 is 25.0 Å². The number of carbonyl (C=O) groups excluding carboxylic acids is 1. The monoisotopic (exact) mass is 371 g/mol. The van der Waals surface area contributed by atoms with Crippen LogP contribution in [0.5, 0.6) is 11.5 Å². The summed E-state index contributed by atoms with van der Waals surface area (Å²) < 4.78 is 10.6. The molecular weight excluding hydrogens is 350 g/mol. The third-order valence-corrected chi connectivity index (χ3v) is 5.41. The topological polar surface area (TPSA) is 62.8 Å². The van der Waals surface area contributed by atoms with Crippen LogP contribution in [0.25, 0.3) is 0 Å². The molecule has 0 aromatic heterocycles. The lowest BCUT2D eigenvalue weighted by Gasteiger charge is -2.29. The second-order valence-corrected chi connectivity index (χ2v) is 7.47. The zero-order valence-corrected chi connectivity index (χ0v) is 15.4. The average molecular weight is 371 g/mol. The van der Waals surface area contributed by atoms with Gasteiger partial charge in [-0.2, -0.15) is 11.8 Å². The van der Waals surface area contributed by atoms with Gasteiger partial charge in [0.1, 0.15) is 0 Å². The minimum absolute atomic E-state index is 0.215. The minimum Gasteiger partial charge on any atom is -0.454 e. The maximum atomic E-state index is 12.3. The molecule has 1 saturated heterocycles. The van der Waals surface area contributed by atoms with Gasteiger partial charge in [-0.05, 0) is 42.8 Å². The molecule has 1 fully saturated rings. The van der Waals surface area contributed by atoms with E-state index in [-0.39, 0.29) is 12.8 Å². The molecule has 0 aliphatic carbocycles. The fourth-order valence-corrected chi connectivity index (χ4v) is 3.97. The Morgan fingerprint density at radius 3 is 2.65 bits per heavy atom. The fraction of sp³-hybridized carbons (Fsp3) is 0.316. The second-order valence-electron chi connectivity index (χ2n) is 6.25. The lowest BCUT2D eigenvalue weighted by Crippen LogP contribution is -2.32. The summed E-state index contributed by atoms with van der Waals surface area (Å²) in [5.74, 6) is 3.66. The highest BCUT2D eigenvalue weighted by atomic mass is 32.2. The molecule has 6 nitrogen and oxygen atoms in total. The van der Waals surface area contributed by atoms with Gasteiger partial charge in [0.05, 0.1) is 0 Å². The van der Waals surface area contributed by atoms with Gasteiger partial charge >= 0.3 is 6.03 Å². The number of ether oxygens (including phenoxy) is 2. The van der Waals surface area contributed by atoms with E-state index in [2.05, 4.69) is 27.7 Å². The smallest absolute Gasteiger partial charge is 0.323 e. The van der Waals surface area contributed by atoms with Crippen molar-refractivity contribution in [1.29, 1.82) is 0 Å². The number of nitrogens with zero attached hydrogens (tertiary/aromatic N) is 1. The highest BCUT2D eigenvalue weighted by Gasteiger charge is 2.15. The van der Waals surface area contributed by atoms with Gasteiger partial charge in [-0.3, -0.25) is 0 Å². The molecule has 26 heavy (non-hydrogen) atoms. The molecule has 2 amide bonds. The third kappa shape index (κ3) is 3.67. The van der Waals surface area contributed by atoms with E-state index in [1.54, 1.807) is 18.2 Å². The van der Waals surface area contributed by atoms with Crippen molar-refractivity contribution >= 4 is 34.9 Å². The molecule has 0 bridgehead atoms. The van der Waals surface area contributed by atoms with Gasteiger partial charge in [-0.15, -0.1) is 0 Å². The summed E-state index contributed by atoms with van der Waals surface area (Å²) >= 11 is 1.99. The standard InChI is InChI=1S/C19H21N3O3S/c1-13-10-15(22-6-8-26-9-7-22)3-4-16(13)21-19(23)20-14-2-5-17-18(11-14)25-12-24-17/h2-5,10-11H,6-9,12H2,1H3,(H2,20,21,23). The molecule has 2 N–H and O–H groups in total. The first-order valence-electron chi connectivity index (χ1n) is 8.60. The molecule has 0 spiro atoms. The Labute approximate surface area is 156 Å². The van der Waals surface area contributed by atoms with Crippen LogP contribution in [-0.2, 0) is 0 Å². The molecule has 0 saturated carbocycles. The summed E-state index contributed by atoms with van der Waals surface area (Å²) in [5, 5.41) is 5.74. The molecule has 2 aliphatic rings. The number of rotatable bonds is 3. The van der Waals surface area contributed by atoms with Gasteiger partial charge in [0.15, 0.2) is 11.5 Å².